The molecule has 0 aliphatic rings. The quantitative estimate of drug-likeness (QED) is 0.0787. The molecule has 0 fully saturated rings. The normalized spacial score (nSPS) is 12.0. The SMILES string of the molecule is C.C.C.OCC(O)COCc1ccccc1.OCCOCC(CO)OCCO.OCCOCC(COCc1ccccc1)OCCO. The third kappa shape index (κ3) is 33.6. The van der Waals surface area contributed by atoms with Gasteiger partial charge in [0.2, 0.25) is 0 Å². The molecule has 0 saturated heterocycles. The lowest BCUT2D eigenvalue weighted by Crippen LogP contribution is -2.27. The molecule has 2 aromatic rings. The predicted octanol–water partition coefficient (Wildman–Crippen LogP) is 1.42. The molecule has 0 radical (unpaired) electrons. The van der Waals surface area contributed by atoms with Crippen LogP contribution in [0.15, 0.2) is 60.7 Å². The van der Waals surface area contributed by atoms with Crippen molar-refractivity contribution in [3.63, 3.8) is 0 Å². The molecule has 0 saturated carbocycles. The molecule has 7 N–H and O–H groups in total. The van der Waals surface area contributed by atoms with Crippen molar-refractivity contribution in [3.05, 3.63) is 71.8 Å². The van der Waals surface area contributed by atoms with Crippen LogP contribution in [-0.4, -0.2) is 147 Å². The van der Waals surface area contributed by atoms with E-state index in [2.05, 4.69) is 0 Å². The van der Waals surface area contributed by atoms with Crippen molar-refractivity contribution in [1.29, 1.82) is 0 Å². The topological polar surface area (TPSA) is 197 Å². The van der Waals surface area contributed by atoms with Crippen molar-refractivity contribution < 1.29 is 64.2 Å². The van der Waals surface area contributed by atoms with E-state index in [4.69, 9.17) is 64.2 Å². The molecular weight excluding hydrogens is 616 g/mol. The standard InChI is InChI=1S/C14H22O5.C10H14O3.C7H16O5.3CH4/c15-6-8-17-11-14(19-9-7-16)12-18-10-13-4-2-1-3-5-13;11-6-10(12)8-13-7-9-4-2-1-3-5-9;8-1-3-11-6-7(5-10)12-4-2-9;;;/h1-5,14-16H,6-12H2;1-5,10-12H,6-8H2;7-10H,1-6H2;3*1H4. The van der Waals surface area contributed by atoms with Gasteiger partial charge in [-0.2, -0.15) is 0 Å². The van der Waals surface area contributed by atoms with Gasteiger partial charge in [0, 0.05) is 0 Å². The van der Waals surface area contributed by atoms with Gasteiger partial charge in [-0.15, -0.1) is 0 Å². The average Bonchev–Trinajstić information content (AvgIpc) is 3.06. The Hall–Kier alpha value is -2.08. The fraction of sp³-hybridized carbons (Fsp3) is 0.647. The summed E-state index contributed by atoms with van der Waals surface area (Å²) >= 11 is 0. The van der Waals surface area contributed by atoms with E-state index in [1.165, 1.54) is 0 Å². The maximum atomic E-state index is 8.96. The minimum atomic E-state index is -0.774. The number of hydrogen-bond acceptors (Lipinski definition) is 13. The summed E-state index contributed by atoms with van der Waals surface area (Å²) in [6.07, 6.45) is -1.42. The Morgan fingerprint density at radius 3 is 1.23 bits per heavy atom. The zero-order chi connectivity index (χ0) is 32.5. The predicted molar refractivity (Wildman–Crippen MR) is 182 cm³/mol. The van der Waals surface area contributed by atoms with Crippen LogP contribution >= 0.6 is 0 Å². The van der Waals surface area contributed by atoms with Gasteiger partial charge in [-0.05, 0) is 11.1 Å². The van der Waals surface area contributed by atoms with Gasteiger partial charge in [-0.1, -0.05) is 82.9 Å². The number of rotatable bonds is 24. The van der Waals surface area contributed by atoms with E-state index in [9.17, 15) is 0 Å². The van der Waals surface area contributed by atoms with E-state index < -0.39 is 12.2 Å². The summed E-state index contributed by atoms with van der Waals surface area (Å²) in [6, 6.07) is 19.6. The highest BCUT2D eigenvalue weighted by Crippen LogP contribution is 2.03. The van der Waals surface area contributed by atoms with Crippen LogP contribution in [0.4, 0.5) is 0 Å². The van der Waals surface area contributed by atoms with Gasteiger partial charge in [0.15, 0.2) is 0 Å². The maximum absolute atomic E-state index is 8.96. The molecule has 278 valence electrons. The third-order valence-corrected chi connectivity index (χ3v) is 5.22. The van der Waals surface area contributed by atoms with Crippen LogP contribution in [0.25, 0.3) is 0 Å². The monoisotopic (exact) mass is 680 g/mol. The largest absolute Gasteiger partial charge is 0.394 e. The first kappa shape index (κ1) is 51.7. The Balaban J connectivity index is -0.000000296. The highest BCUT2D eigenvalue weighted by molar-refractivity contribution is 5.14. The van der Waals surface area contributed by atoms with Gasteiger partial charge >= 0.3 is 0 Å². The summed E-state index contributed by atoms with van der Waals surface area (Å²) in [5.41, 5.74) is 2.16. The number of aliphatic hydroxyl groups is 7. The van der Waals surface area contributed by atoms with Gasteiger partial charge in [0.05, 0.1) is 106 Å². The lowest BCUT2D eigenvalue weighted by atomic mass is 10.2. The smallest absolute Gasteiger partial charge is 0.104 e. The van der Waals surface area contributed by atoms with Crippen LogP contribution in [0.3, 0.4) is 0 Å². The fourth-order valence-electron chi connectivity index (χ4n) is 3.12. The molecule has 0 aliphatic heterocycles. The number of hydrogen-bond donors (Lipinski definition) is 7. The molecule has 0 amide bonds. The van der Waals surface area contributed by atoms with Crippen LogP contribution in [0, 0.1) is 0 Å². The molecule has 0 bridgehead atoms. The van der Waals surface area contributed by atoms with E-state index in [-0.39, 0.29) is 108 Å². The third-order valence-electron chi connectivity index (χ3n) is 5.22. The minimum absolute atomic E-state index is 0. The van der Waals surface area contributed by atoms with E-state index in [0.29, 0.717) is 26.4 Å². The Morgan fingerprint density at radius 2 is 0.830 bits per heavy atom. The second kappa shape index (κ2) is 40.1. The molecular formula is C34H64O13. The van der Waals surface area contributed by atoms with Crippen LogP contribution in [0.2, 0.25) is 0 Å². The Kier molecular flexibility index (Phi) is 44.1. The Morgan fingerprint density at radius 1 is 0.447 bits per heavy atom. The molecule has 0 spiro atoms. The summed E-state index contributed by atoms with van der Waals surface area (Å²) in [6.45, 7) is 2.50. The number of aliphatic hydroxyl groups excluding tert-OH is 7. The molecule has 0 heterocycles. The van der Waals surface area contributed by atoms with Crippen LogP contribution in [0.1, 0.15) is 33.4 Å². The second-order valence-corrected chi connectivity index (χ2v) is 9.05. The molecule has 0 aromatic heterocycles. The summed E-state index contributed by atoms with van der Waals surface area (Å²) in [7, 11) is 0. The van der Waals surface area contributed by atoms with Crippen molar-refractivity contribution in [3.8, 4) is 0 Å². The zero-order valence-corrected chi connectivity index (χ0v) is 25.4. The van der Waals surface area contributed by atoms with Gasteiger partial charge in [0.1, 0.15) is 18.3 Å². The van der Waals surface area contributed by atoms with E-state index in [1.807, 2.05) is 60.7 Å². The van der Waals surface area contributed by atoms with Crippen molar-refractivity contribution >= 4 is 0 Å². The number of benzene rings is 2. The summed E-state index contributed by atoms with van der Waals surface area (Å²) in [5.74, 6) is 0. The minimum Gasteiger partial charge on any atom is -0.394 e. The second-order valence-electron chi connectivity index (χ2n) is 9.05. The first-order valence-electron chi connectivity index (χ1n) is 14.5. The zero-order valence-electron chi connectivity index (χ0n) is 25.4. The summed E-state index contributed by atoms with van der Waals surface area (Å²) < 4.78 is 31.2. The molecule has 3 atom stereocenters. The van der Waals surface area contributed by atoms with Gasteiger partial charge < -0.3 is 64.2 Å². The molecule has 13 heteroatoms. The highest BCUT2D eigenvalue weighted by atomic mass is 16.6. The molecule has 3 unspecified atom stereocenters. The van der Waals surface area contributed by atoms with Crippen LogP contribution in [0.5, 0.6) is 0 Å². The van der Waals surface area contributed by atoms with Crippen molar-refractivity contribution in [1.82, 2.24) is 0 Å². The molecule has 13 nitrogen and oxygen atoms in total. The van der Waals surface area contributed by atoms with Crippen LogP contribution in [-0.2, 0) is 41.6 Å². The average molecular weight is 681 g/mol. The van der Waals surface area contributed by atoms with Crippen molar-refractivity contribution in [2.75, 3.05) is 92.5 Å². The van der Waals surface area contributed by atoms with E-state index in [1.54, 1.807) is 0 Å². The lowest BCUT2D eigenvalue weighted by molar-refractivity contribution is -0.0732. The number of ether oxygens (including phenoxy) is 6. The van der Waals surface area contributed by atoms with Gasteiger partial charge in [-0.3, -0.25) is 0 Å². The fourth-order valence-corrected chi connectivity index (χ4v) is 3.12. The highest BCUT2D eigenvalue weighted by Gasteiger charge is 2.10. The first-order valence-corrected chi connectivity index (χ1v) is 14.5. The summed E-state index contributed by atoms with van der Waals surface area (Å²) in [4.78, 5) is 0. The Labute approximate surface area is 282 Å². The lowest BCUT2D eigenvalue weighted by Gasteiger charge is -2.17. The van der Waals surface area contributed by atoms with Crippen molar-refractivity contribution in [2.45, 2.75) is 53.8 Å². The molecule has 2 aromatic carbocycles. The van der Waals surface area contributed by atoms with Crippen molar-refractivity contribution in [2.24, 2.45) is 0 Å². The first-order chi connectivity index (χ1) is 21.5. The summed E-state index contributed by atoms with van der Waals surface area (Å²) in [5, 5.41) is 60.3. The van der Waals surface area contributed by atoms with Gasteiger partial charge in [0.25, 0.3) is 0 Å². The maximum Gasteiger partial charge on any atom is 0.104 e. The van der Waals surface area contributed by atoms with Gasteiger partial charge in [-0.25, -0.2) is 0 Å². The Bertz CT molecular complexity index is 818. The van der Waals surface area contributed by atoms with E-state index in [0.717, 1.165) is 11.1 Å². The molecule has 47 heavy (non-hydrogen) atoms. The molecule has 0 aliphatic carbocycles. The van der Waals surface area contributed by atoms with E-state index >= 15 is 0 Å². The van der Waals surface area contributed by atoms with Crippen LogP contribution < -0.4 is 0 Å². The molecule has 2 rings (SSSR count).